The van der Waals surface area contributed by atoms with Gasteiger partial charge in [-0.05, 0) is 55.0 Å². The van der Waals surface area contributed by atoms with Crippen LogP contribution in [0.2, 0.25) is 0 Å². The summed E-state index contributed by atoms with van der Waals surface area (Å²) < 4.78 is 7.72. The molecule has 1 amide bonds. The highest BCUT2D eigenvalue weighted by molar-refractivity contribution is 5.91. The summed E-state index contributed by atoms with van der Waals surface area (Å²) in [5.41, 5.74) is 0.556. The van der Waals surface area contributed by atoms with E-state index in [2.05, 4.69) is 15.3 Å². The number of nitrogens with one attached hydrogen (secondary N) is 1. The predicted octanol–water partition coefficient (Wildman–Crippen LogP) is 2.04. The van der Waals surface area contributed by atoms with Gasteiger partial charge in [-0.1, -0.05) is 6.07 Å². The van der Waals surface area contributed by atoms with Gasteiger partial charge in [0, 0.05) is 24.3 Å². The maximum atomic E-state index is 13.2. The largest absolute Gasteiger partial charge is 0.494 e. The van der Waals surface area contributed by atoms with E-state index in [1.165, 1.54) is 10.8 Å². The molecule has 0 radical (unpaired) electrons. The van der Waals surface area contributed by atoms with Gasteiger partial charge in [-0.25, -0.2) is 9.78 Å². The van der Waals surface area contributed by atoms with Gasteiger partial charge in [0.2, 0.25) is 5.91 Å². The molecule has 0 bridgehead atoms. The molecule has 1 aromatic carbocycles. The summed E-state index contributed by atoms with van der Waals surface area (Å²) in [5.74, 6) is 0.286. The SMILES string of the molecule is CCOc1ccc(NC(=O)Cn2c(=O)n(Cc3cccnc3)c(=O)c3ncccc32)cc1. The van der Waals surface area contributed by atoms with Crippen LogP contribution < -0.4 is 21.3 Å². The number of amides is 1. The molecule has 4 aromatic rings. The van der Waals surface area contributed by atoms with Crippen LogP contribution in [-0.2, 0) is 17.9 Å². The van der Waals surface area contributed by atoms with Crippen molar-refractivity contribution in [1.82, 2.24) is 19.1 Å². The Morgan fingerprint density at radius 1 is 1.03 bits per heavy atom. The lowest BCUT2D eigenvalue weighted by Crippen LogP contribution is -2.42. The first kappa shape index (κ1) is 21.0. The first-order valence-electron chi connectivity index (χ1n) is 10.1. The molecule has 0 aliphatic rings. The Kier molecular flexibility index (Phi) is 6.07. The topological polar surface area (TPSA) is 108 Å². The van der Waals surface area contributed by atoms with Crippen molar-refractivity contribution in [2.75, 3.05) is 11.9 Å². The standard InChI is InChI=1S/C23H21N5O4/c1-2-32-18-9-7-17(8-10-18)26-20(29)15-27-19-6-4-12-25-21(19)22(30)28(23(27)31)14-16-5-3-11-24-13-16/h3-13H,2,14-15H2,1H3,(H,26,29). The minimum Gasteiger partial charge on any atom is -0.494 e. The van der Waals surface area contributed by atoms with Gasteiger partial charge in [0.15, 0.2) is 5.52 Å². The van der Waals surface area contributed by atoms with E-state index >= 15 is 0 Å². The average molecular weight is 431 g/mol. The summed E-state index contributed by atoms with van der Waals surface area (Å²) in [4.78, 5) is 47.0. The molecule has 0 aliphatic heterocycles. The van der Waals surface area contributed by atoms with Crippen LogP contribution in [0.15, 0.2) is 76.7 Å². The Balaban J connectivity index is 1.67. The van der Waals surface area contributed by atoms with Gasteiger partial charge in [-0.2, -0.15) is 0 Å². The van der Waals surface area contributed by atoms with Gasteiger partial charge in [-0.15, -0.1) is 0 Å². The molecule has 0 saturated carbocycles. The third-order valence-electron chi connectivity index (χ3n) is 4.80. The highest BCUT2D eigenvalue weighted by Crippen LogP contribution is 2.15. The number of benzene rings is 1. The minimum atomic E-state index is -0.596. The van der Waals surface area contributed by atoms with Crippen LogP contribution in [0, 0.1) is 0 Å². The Hall–Kier alpha value is -4.27. The first-order chi connectivity index (χ1) is 15.6. The highest BCUT2D eigenvalue weighted by atomic mass is 16.5. The number of aromatic nitrogens is 4. The van der Waals surface area contributed by atoms with Crippen LogP contribution in [0.3, 0.4) is 0 Å². The smallest absolute Gasteiger partial charge is 0.332 e. The van der Waals surface area contributed by atoms with E-state index in [-0.39, 0.29) is 18.6 Å². The molecule has 0 unspecified atom stereocenters. The second-order valence-corrected chi connectivity index (χ2v) is 7.00. The molecule has 1 N–H and O–H groups in total. The fraction of sp³-hybridized carbons (Fsp3) is 0.174. The van der Waals surface area contributed by atoms with E-state index in [9.17, 15) is 14.4 Å². The zero-order valence-corrected chi connectivity index (χ0v) is 17.4. The molecule has 3 heterocycles. The molecular weight excluding hydrogens is 410 g/mol. The van der Waals surface area contributed by atoms with Gasteiger partial charge in [0.05, 0.1) is 18.7 Å². The van der Waals surface area contributed by atoms with Crippen LogP contribution in [-0.4, -0.2) is 31.6 Å². The van der Waals surface area contributed by atoms with Crippen molar-refractivity contribution in [3.05, 3.63) is 93.5 Å². The lowest BCUT2D eigenvalue weighted by atomic mass is 10.2. The molecule has 0 fully saturated rings. The molecule has 162 valence electrons. The zero-order chi connectivity index (χ0) is 22.5. The maximum Gasteiger partial charge on any atom is 0.332 e. The van der Waals surface area contributed by atoms with Gasteiger partial charge in [0.1, 0.15) is 12.3 Å². The van der Waals surface area contributed by atoms with E-state index in [1.54, 1.807) is 60.9 Å². The number of pyridine rings is 2. The minimum absolute atomic E-state index is 0.0263. The van der Waals surface area contributed by atoms with Crippen LogP contribution in [0.4, 0.5) is 5.69 Å². The van der Waals surface area contributed by atoms with Gasteiger partial charge in [0.25, 0.3) is 5.56 Å². The Morgan fingerprint density at radius 3 is 2.53 bits per heavy atom. The number of anilines is 1. The van der Waals surface area contributed by atoms with Crippen LogP contribution in [0.25, 0.3) is 11.0 Å². The number of ether oxygens (including phenoxy) is 1. The fourth-order valence-corrected chi connectivity index (χ4v) is 3.35. The molecule has 32 heavy (non-hydrogen) atoms. The molecule has 0 spiro atoms. The van der Waals surface area contributed by atoms with E-state index in [0.29, 0.717) is 29.1 Å². The van der Waals surface area contributed by atoms with Crippen molar-refractivity contribution in [3.63, 3.8) is 0 Å². The zero-order valence-electron chi connectivity index (χ0n) is 17.4. The van der Waals surface area contributed by atoms with E-state index < -0.39 is 17.2 Å². The number of carbonyl (C=O) groups is 1. The third-order valence-corrected chi connectivity index (χ3v) is 4.80. The summed E-state index contributed by atoms with van der Waals surface area (Å²) in [6, 6.07) is 13.6. The second kappa shape index (κ2) is 9.25. The molecule has 0 saturated heterocycles. The van der Waals surface area contributed by atoms with Crippen LogP contribution in [0.1, 0.15) is 12.5 Å². The number of hydrogen-bond donors (Lipinski definition) is 1. The number of nitrogens with zero attached hydrogens (tertiary/aromatic N) is 4. The molecular formula is C23H21N5O4. The molecule has 0 aliphatic carbocycles. The van der Waals surface area contributed by atoms with Crippen molar-refractivity contribution in [1.29, 1.82) is 0 Å². The molecule has 3 aromatic heterocycles. The van der Waals surface area contributed by atoms with Gasteiger partial charge in [-0.3, -0.25) is 23.7 Å². The predicted molar refractivity (Wildman–Crippen MR) is 120 cm³/mol. The Labute approximate surface area is 182 Å². The molecule has 4 rings (SSSR count). The van der Waals surface area contributed by atoms with Crippen LogP contribution >= 0.6 is 0 Å². The lowest BCUT2D eigenvalue weighted by Gasteiger charge is -2.14. The Bertz CT molecular complexity index is 1360. The number of carbonyl (C=O) groups excluding carboxylic acids is 1. The lowest BCUT2D eigenvalue weighted by molar-refractivity contribution is -0.116. The van der Waals surface area contributed by atoms with E-state index in [4.69, 9.17) is 4.74 Å². The summed E-state index contributed by atoms with van der Waals surface area (Å²) in [6.07, 6.45) is 4.67. The van der Waals surface area contributed by atoms with E-state index in [0.717, 1.165) is 4.57 Å². The summed E-state index contributed by atoms with van der Waals surface area (Å²) >= 11 is 0. The third kappa shape index (κ3) is 4.41. The summed E-state index contributed by atoms with van der Waals surface area (Å²) in [6.45, 7) is 2.19. The Morgan fingerprint density at radius 2 is 1.81 bits per heavy atom. The molecule has 9 nitrogen and oxygen atoms in total. The molecule has 9 heteroatoms. The van der Waals surface area contributed by atoms with Gasteiger partial charge >= 0.3 is 5.69 Å². The highest BCUT2D eigenvalue weighted by Gasteiger charge is 2.16. The number of hydrogen-bond acceptors (Lipinski definition) is 6. The first-order valence-corrected chi connectivity index (χ1v) is 10.1. The average Bonchev–Trinajstić information content (AvgIpc) is 2.81. The van der Waals surface area contributed by atoms with Crippen molar-refractivity contribution >= 4 is 22.6 Å². The fourth-order valence-electron chi connectivity index (χ4n) is 3.35. The normalized spacial score (nSPS) is 10.8. The second-order valence-electron chi connectivity index (χ2n) is 7.00. The van der Waals surface area contributed by atoms with Crippen molar-refractivity contribution in [3.8, 4) is 5.75 Å². The van der Waals surface area contributed by atoms with Crippen molar-refractivity contribution < 1.29 is 9.53 Å². The summed E-state index contributed by atoms with van der Waals surface area (Å²) in [7, 11) is 0. The summed E-state index contributed by atoms with van der Waals surface area (Å²) in [5, 5.41) is 2.76. The van der Waals surface area contributed by atoms with Crippen molar-refractivity contribution in [2.45, 2.75) is 20.0 Å². The quantitative estimate of drug-likeness (QED) is 0.480. The van der Waals surface area contributed by atoms with Crippen LogP contribution in [0.5, 0.6) is 5.75 Å². The monoisotopic (exact) mass is 431 g/mol. The molecule has 0 atom stereocenters. The van der Waals surface area contributed by atoms with Gasteiger partial charge < -0.3 is 10.1 Å². The van der Waals surface area contributed by atoms with E-state index in [1.807, 2.05) is 6.92 Å². The number of rotatable bonds is 7. The number of fused-ring (bicyclic) bond motifs is 1. The maximum absolute atomic E-state index is 13.2. The van der Waals surface area contributed by atoms with Crippen molar-refractivity contribution in [2.24, 2.45) is 0 Å².